The van der Waals surface area contributed by atoms with Crippen molar-refractivity contribution in [3.05, 3.63) is 68.7 Å². The van der Waals surface area contributed by atoms with Crippen molar-refractivity contribution < 1.29 is 37.5 Å². The van der Waals surface area contributed by atoms with E-state index in [0.29, 0.717) is 11.1 Å². The smallest absolute Gasteiger partial charge is 0.435 e. The first-order valence-electron chi connectivity index (χ1n) is 10.2. The zero-order valence-corrected chi connectivity index (χ0v) is 19.5. The fraction of sp³-hybridized carbons (Fsp3) is 0.318. The molecule has 13 heteroatoms. The van der Waals surface area contributed by atoms with Crippen molar-refractivity contribution >= 4 is 40.9 Å². The van der Waals surface area contributed by atoms with Gasteiger partial charge in [0.05, 0.1) is 24.9 Å². The standard InChI is InChI=1S/C22H18Cl2F3N3O5/c1-11-4-12(2-3-17(11)19(31)28-16-9-30(20(32)33)34-10-16)18-8-21(35-29-18,22(25,26)27)13-5-14(23)7-15(24)6-13/h2-7,16H,8-10H2,1H3,(H,28,31)(H,32,33). The van der Waals surface area contributed by atoms with Gasteiger partial charge in [0.2, 0.25) is 0 Å². The lowest BCUT2D eigenvalue weighted by atomic mass is 9.86. The van der Waals surface area contributed by atoms with E-state index in [-0.39, 0.29) is 40.0 Å². The van der Waals surface area contributed by atoms with Gasteiger partial charge in [-0.3, -0.25) is 9.63 Å². The van der Waals surface area contributed by atoms with Gasteiger partial charge in [0.15, 0.2) is 0 Å². The van der Waals surface area contributed by atoms with Crippen molar-refractivity contribution in [3.63, 3.8) is 0 Å². The van der Waals surface area contributed by atoms with Gasteiger partial charge in [0.1, 0.15) is 0 Å². The maximum atomic E-state index is 14.2. The molecule has 2 N–H and O–H groups in total. The molecule has 0 spiro atoms. The number of hydrogen-bond donors (Lipinski definition) is 2. The number of rotatable bonds is 4. The number of hydrogen-bond acceptors (Lipinski definition) is 5. The van der Waals surface area contributed by atoms with Crippen molar-refractivity contribution in [1.29, 1.82) is 0 Å². The van der Waals surface area contributed by atoms with Gasteiger partial charge in [-0.2, -0.15) is 18.2 Å². The van der Waals surface area contributed by atoms with E-state index in [1.807, 2.05) is 0 Å². The van der Waals surface area contributed by atoms with Gasteiger partial charge in [0, 0.05) is 27.6 Å². The van der Waals surface area contributed by atoms with E-state index in [1.54, 1.807) is 6.92 Å². The summed E-state index contributed by atoms with van der Waals surface area (Å²) in [5, 5.41) is 16.1. The summed E-state index contributed by atoms with van der Waals surface area (Å²) in [7, 11) is 0. The van der Waals surface area contributed by atoms with Crippen LogP contribution in [0.3, 0.4) is 0 Å². The van der Waals surface area contributed by atoms with Crippen molar-refractivity contribution in [2.45, 2.75) is 31.2 Å². The first-order chi connectivity index (χ1) is 16.4. The van der Waals surface area contributed by atoms with Crippen molar-refractivity contribution in [1.82, 2.24) is 10.4 Å². The molecule has 0 bridgehead atoms. The Kier molecular flexibility index (Phi) is 6.60. The van der Waals surface area contributed by atoms with Gasteiger partial charge in [-0.1, -0.05) is 34.4 Å². The van der Waals surface area contributed by atoms with E-state index in [4.69, 9.17) is 38.0 Å². The molecule has 2 aliphatic rings. The molecule has 2 amide bonds. The van der Waals surface area contributed by atoms with Gasteiger partial charge in [-0.25, -0.2) is 4.79 Å². The van der Waals surface area contributed by atoms with Crippen LogP contribution >= 0.6 is 23.2 Å². The molecule has 2 atom stereocenters. The topological polar surface area (TPSA) is 100 Å². The van der Waals surface area contributed by atoms with Crippen LogP contribution in [0.15, 0.2) is 41.6 Å². The Morgan fingerprint density at radius 1 is 1.20 bits per heavy atom. The van der Waals surface area contributed by atoms with Crippen molar-refractivity contribution in [2.24, 2.45) is 5.16 Å². The molecule has 35 heavy (non-hydrogen) atoms. The van der Waals surface area contributed by atoms with Crippen LogP contribution in [0.25, 0.3) is 0 Å². The lowest BCUT2D eigenvalue weighted by Crippen LogP contribution is -2.42. The molecule has 2 aromatic carbocycles. The molecule has 2 aliphatic heterocycles. The van der Waals surface area contributed by atoms with Crippen LogP contribution in [-0.2, 0) is 15.3 Å². The number of nitrogens with one attached hydrogen (secondary N) is 1. The molecule has 0 aliphatic carbocycles. The number of nitrogens with zero attached hydrogens (tertiary/aromatic N) is 2. The third kappa shape index (κ3) is 4.89. The molecule has 4 rings (SSSR count). The number of alkyl halides is 3. The summed E-state index contributed by atoms with van der Waals surface area (Å²) < 4.78 is 42.6. The van der Waals surface area contributed by atoms with E-state index in [9.17, 15) is 22.8 Å². The summed E-state index contributed by atoms with van der Waals surface area (Å²) >= 11 is 11.8. The zero-order valence-electron chi connectivity index (χ0n) is 18.0. The highest BCUT2D eigenvalue weighted by Crippen LogP contribution is 2.49. The molecule has 2 heterocycles. The number of carbonyl (C=O) groups is 2. The highest BCUT2D eigenvalue weighted by molar-refractivity contribution is 6.34. The lowest BCUT2D eigenvalue weighted by molar-refractivity contribution is -0.275. The van der Waals surface area contributed by atoms with E-state index < -0.39 is 36.2 Å². The van der Waals surface area contributed by atoms with Gasteiger partial charge in [-0.05, 0) is 48.4 Å². The number of amides is 2. The summed E-state index contributed by atoms with van der Waals surface area (Å²) in [5.41, 5.74) is -1.91. The molecular formula is C22H18Cl2F3N3O5. The van der Waals surface area contributed by atoms with E-state index in [2.05, 4.69) is 10.5 Å². The maximum Gasteiger partial charge on any atom is 0.435 e. The molecule has 1 saturated heterocycles. The molecule has 8 nitrogen and oxygen atoms in total. The minimum absolute atomic E-state index is 0.00361. The largest absolute Gasteiger partial charge is 0.463 e. The van der Waals surface area contributed by atoms with Crippen LogP contribution in [0.4, 0.5) is 18.0 Å². The van der Waals surface area contributed by atoms with Gasteiger partial charge < -0.3 is 15.3 Å². The molecule has 0 aromatic heterocycles. The number of aryl methyl sites for hydroxylation is 1. The number of benzene rings is 2. The lowest BCUT2D eigenvalue weighted by Gasteiger charge is -2.29. The van der Waals surface area contributed by atoms with Crippen LogP contribution in [0.5, 0.6) is 0 Å². The Morgan fingerprint density at radius 3 is 2.46 bits per heavy atom. The number of hydroxylamine groups is 2. The fourth-order valence-corrected chi connectivity index (χ4v) is 4.44. The average molecular weight is 532 g/mol. The van der Waals surface area contributed by atoms with Crippen LogP contribution in [0, 0.1) is 6.92 Å². The minimum atomic E-state index is -4.83. The minimum Gasteiger partial charge on any atom is -0.463 e. The Balaban J connectivity index is 1.54. The second kappa shape index (κ2) is 9.21. The third-order valence-corrected chi connectivity index (χ3v) is 6.12. The molecule has 2 unspecified atom stereocenters. The number of carbonyl (C=O) groups excluding carboxylic acids is 1. The second-order valence-corrected chi connectivity index (χ2v) is 9.00. The molecule has 2 aromatic rings. The van der Waals surface area contributed by atoms with Crippen LogP contribution in [-0.4, -0.2) is 53.3 Å². The summed E-state index contributed by atoms with van der Waals surface area (Å²) in [5.74, 6) is -0.474. The Bertz CT molecular complexity index is 1200. The summed E-state index contributed by atoms with van der Waals surface area (Å²) in [6.07, 6.45) is -6.71. The monoisotopic (exact) mass is 531 g/mol. The van der Waals surface area contributed by atoms with Gasteiger partial charge >= 0.3 is 12.3 Å². The SMILES string of the molecule is Cc1cc(C2=NOC(c3cc(Cl)cc(Cl)c3)(C(F)(F)F)C2)ccc1C(=O)NC1CON(C(=O)O)C1. The first kappa shape index (κ1) is 25.1. The molecule has 0 saturated carbocycles. The predicted molar refractivity (Wildman–Crippen MR) is 120 cm³/mol. The Labute approximate surface area is 207 Å². The highest BCUT2D eigenvalue weighted by atomic mass is 35.5. The first-order valence-corrected chi connectivity index (χ1v) is 11.0. The van der Waals surface area contributed by atoms with Gasteiger partial charge in [0.25, 0.3) is 11.5 Å². The van der Waals surface area contributed by atoms with Gasteiger partial charge in [-0.15, -0.1) is 0 Å². The molecule has 1 fully saturated rings. The molecule has 0 radical (unpaired) electrons. The normalized spacial score (nSPS) is 22.1. The second-order valence-electron chi connectivity index (χ2n) is 8.13. The summed E-state index contributed by atoms with van der Waals surface area (Å²) in [4.78, 5) is 33.6. The number of oxime groups is 1. The van der Waals surface area contributed by atoms with E-state index in [0.717, 1.165) is 17.2 Å². The molecule has 186 valence electrons. The molecular weight excluding hydrogens is 514 g/mol. The maximum absolute atomic E-state index is 14.2. The average Bonchev–Trinajstić information content (AvgIpc) is 3.41. The van der Waals surface area contributed by atoms with Crippen molar-refractivity contribution in [3.8, 4) is 0 Å². The van der Waals surface area contributed by atoms with Crippen LogP contribution in [0.2, 0.25) is 10.0 Å². The predicted octanol–water partition coefficient (Wildman–Crippen LogP) is 4.91. The van der Waals surface area contributed by atoms with E-state index in [1.165, 1.54) is 24.3 Å². The highest BCUT2D eigenvalue weighted by Gasteiger charge is 2.62. The van der Waals surface area contributed by atoms with E-state index >= 15 is 0 Å². The quantitative estimate of drug-likeness (QED) is 0.583. The number of carboxylic acid groups (broad SMARTS) is 1. The Hall–Kier alpha value is -3.02. The Morgan fingerprint density at radius 2 is 1.89 bits per heavy atom. The zero-order chi connectivity index (χ0) is 25.5. The third-order valence-electron chi connectivity index (χ3n) is 5.69. The van der Waals surface area contributed by atoms with Crippen molar-refractivity contribution in [2.75, 3.05) is 13.2 Å². The van der Waals surface area contributed by atoms with Crippen LogP contribution < -0.4 is 5.32 Å². The van der Waals surface area contributed by atoms with Crippen LogP contribution in [0.1, 0.15) is 33.5 Å². The summed E-state index contributed by atoms with van der Waals surface area (Å²) in [6.45, 7) is 1.59. The number of halogens is 5. The fourth-order valence-electron chi connectivity index (χ4n) is 3.91. The summed E-state index contributed by atoms with van der Waals surface area (Å²) in [6, 6.07) is 7.50.